The summed E-state index contributed by atoms with van der Waals surface area (Å²) in [5, 5.41) is 0. The van der Waals surface area contributed by atoms with Gasteiger partial charge in [0.15, 0.2) is 5.82 Å². The Hall–Kier alpha value is -1.62. The third-order valence-electron chi connectivity index (χ3n) is 4.10. The minimum Gasteiger partial charge on any atom is -0.353 e. The van der Waals surface area contributed by atoms with Crippen LogP contribution in [0.5, 0.6) is 0 Å². The van der Waals surface area contributed by atoms with Gasteiger partial charge >= 0.3 is 0 Å². The van der Waals surface area contributed by atoms with Crippen molar-refractivity contribution in [1.82, 2.24) is 15.0 Å². The van der Waals surface area contributed by atoms with Crippen LogP contribution in [0.25, 0.3) is 11.4 Å². The maximum absolute atomic E-state index is 4.84. The zero-order valence-corrected chi connectivity index (χ0v) is 14.0. The second kappa shape index (κ2) is 7.09. The van der Waals surface area contributed by atoms with Crippen LogP contribution in [-0.2, 0) is 6.42 Å². The topological polar surface area (TPSA) is 41.9 Å². The smallest absolute Gasteiger partial charge is 0.161 e. The summed E-state index contributed by atoms with van der Waals surface area (Å²) in [5.41, 5.74) is 2.14. The van der Waals surface area contributed by atoms with Crippen LogP contribution in [0.1, 0.15) is 25.5 Å². The molecule has 22 heavy (non-hydrogen) atoms. The summed E-state index contributed by atoms with van der Waals surface area (Å²) in [5.74, 6) is 3.05. The van der Waals surface area contributed by atoms with Gasteiger partial charge in [0.2, 0.25) is 0 Å². The van der Waals surface area contributed by atoms with Crippen molar-refractivity contribution in [3.63, 3.8) is 0 Å². The fraction of sp³-hybridized carbons (Fsp3) is 0.471. The summed E-state index contributed by atoms with van der Waals surface area (Å²) in [7, 11) is 0. The number of aromatic nitrogens is 3. The van der Waals surface area contributed by atoms with Crippen molar-refractivity contribution < 1.29 is 0 Å². The molecule has 4 nitrogen and oxygen atoms in total. The van der Waals surface area contributed by atoms with Crippen molar-refractivity contribution in [2.75, 3.05) is 23.5 Å². The third kappa shape index (κ3) is 3.24. The Morgan fingerprint density at radius 1 is 1.27 bits per heavy atom. The highest BCUT2D eigenvalue weighted by Crippen LogP contribution is 2.28. The molecule has 0 aliphatic carbocycles. The number of hydrogen-bond acceptors (Lipinski definition) is 5. The normalized spacial score (nSPS) is 17.9. The Kier molecular flexibility index (Phi) is 4.93. The SMILES string of the molecule is CCc1cc(N2CCCC2CSC)nc(-c2ccncc2)n1. The molecule has 0 N–H and O–H groups in total. The van der Waals surface area contributed by atoms with Crippen molar-refractivity contribution in [2.45, 2.75) is 32.2 Å². The van der Waals surface area contributed by atoms with E-state index in [0.29, 0.717) is 6.04 Å². The maximum Gasteiger partial charge on any atom is 0.161 e. The molecule has 0 saturated carbocycles. The standard InChI is InChI=1S/C17H22N4S/c1-3-14-11-16(21-10-4-5-15(21)12-22-2)20-17(19-14)13-6-8-18-9-7-13/h6-9,11,15H,3-5,10,12H2,1-2H3. The first-order valence-corrected chi connectivity index (χ1v) is 9.25. The fourth-order valence-electron chi connectivity index (χ4n) is 2.94. The highest BCUT2D eigenvalue weighted by Gasteiger charge is 2.26. The van der Waals surface area contributed by atoms with Crippen molar-refractivity contribution in [3.8, 4) is 11.4 Å². The summed E-state index contributed by atoms with van der Waals surface area (Å²) in [6, 6.07) is 6.70. The van der Waals surface area contributed by atoms with E-state index in [1.54, 1.807) is 12.4 Å². The summed E-state index contributed by atoms with van der Waals surface area (Å²) < 4.78 is 0. The monoisotopic (exact) mass is 314 g/mol. The molecule has 2 aromatic rings. The molecule has 0 aromatic carbocycles. The molecular weight excluding hydrogens is 292 g/mol. The molecular formula is C17H22N4S. The molecule has 0 radical (unpaired) electrons. The van der Waals surface area contributed by atoms with Gasteiger partial charge < -0.3 is 4.90 Å². The van der Waals surface area contributed by atoms with Crippen LogP contribution < -0.4 is 4.90 Å². The quantitative estimate of drug-likeness (QED) is 0.846. The van der Waals surface area contributed by atoms with Gasteiger partial charge in [-0.1, -0.05) is 6.92 Å². The van der Waals surface area contributed by atoms with Gasteiger partial charge in [0, 0.05) is 48.1 Å². The lowest BCUT2D eigenvalue weighted by Crippen LogP contribution is -2.32. The van der Waals surface area contributed by atoms with Gasteiger partial charge in [0.1, 0.15) is 5.82 Å². The molecule has 116 valence electrons. The molecule has 1 atom stereocenters. The lowest BCUT2D eigenvalue weighted by molar-refractivity contribution is 0.735. The molecule has 0 amide bonds. The van der Waals surface area contributed by atoms with Crippen molar-refractivity contribution in [3.05, 3.63) is 36.3 Å². The molecule has 0 spiro atoms. The highest BCUT2D eigenvalue weighted by atomic mass is 32.2. The van der Waals surface area contributed by atoms with E-state index >= 15 is 0 Å². The van der Waals surface area contributed by atoms with Crippen LogP contribution in [0.3, 0.4) is 0 Å². The zero-order chi connectivity index (χ0) is 15.4. The number of rotatable bonds is 5. The summed E-state index contributed by atoms with van der Waals surface area (Å²) in [6.45, 7) is 3.24. The molecule has 1 aliphatic heterocycles. The Labute approximate surface area is 136 Å². The minimum absolute atomic E-state index is 0.597. The van der Waals surface area contributed by atoms with Crippen LogP contribution in [0.15, 0.2) is 30.6 Å². The van der Waals surface area contributed by atoms with Gasteiger partial charge in [-0.05, 0) is 37.7 Å². The van der Waals surface area contributed by atoms with E-state index in [4.69, 9.17) is 9.97 Å². The van der Waals surface area contributed by atoms with E-state index in [1.165, 1.54) is 12.8 Å². The lowest BCUT2D eigenvalue weighted by atomic mass is 10.2. The molecule has 3 heterocycles. The number of anilines is 1. The third-order valence-corrected chi connectivity index (χ3v) is 4.81. The summed E-state index contributed by atoms with van der Waals surface area (Å²) in [4.78, 5) is 16.1. The lowest BCUT2D eigenvalue weighted by Gasteiger charge is -2.26. The molecule has 1 saturated heterocycles. The van der Waals surface area contributed by atoms with Crippen LogP contribution in [-0.4, -0.2) is 39.5 Å². The van der Waals surface area contributed by atoms with Gasteiger partial charge in [-0.25, -0.2) is 9.97 Å². The van der Waals surface area contributed by atoms with Gasteiger partial charge in [0.25, 0.3) is 0 Å². The number of nitrogens with zero attached hydrogens (tertiary/aromatic N) is 4. The molecule has 1 unspecified atom stereocenters. The Balaban J connectivity index is 1.97. The molecule has 2 aromatic heterocycles. The number of aryl methyl sites for hydroxylation is 1. The first-order chi connectivity index (χ1) is 10.8. The van der Waals surface area contributed by atoms with Gasteiger partial charge in [-0.3, -0.25) is 4.98 Å². The summed E-state index contributed by atoms with van der Waals surface area (Å²) >= 11 is 1.91. The minimum atomic E-state index is 0.597. The largest absolute Gasteiger partial charge is 0.353 e. The first-order valence-electron chi connectivity index (χ1n) is 7.85. The molecule has 0 bridgehead atoms. The van der Waals surface area contributed by atoms with Crippen LogP contribution >= 0.6 is 11.8 Å². The van der Waals surface area contributed by atoms with Crippen molar-refractivity contribution in [1.29, 1.82) is 0 Å². The average Bonchev–Trinajstić information content (AvgIpc) is 3.04. The molecule has 1 fully saturated rings. The first kappa shape index (κ1) is 15.3. The number of hydrogen-bond donors (Lipinski definition) is 0. The van der Waals surface area contributed by atoms with E-state index in [2.05, 4.69) is 29.1 Å². The van der Waals surface area contributed by atoms with E-state index in [9.17, 15) is 0 Å². The Morgan fingerprint density at radius 3 is 2.82 bits per heavy atom. The zero-order valence-electron chi connectivity index (χ0n) is 13.2. The van der Waals surface area contributed by atoms with E-state index in [-0.39, 0.29) is 0 Å². The molecule has 1 aliphatic rings. The summed E-state index contributed by atoms with van der Waals surface area (Å²) in [6.07, 6.45) is 9.20. The average molecular weight is 314 g/mol. The van der Waals surface area contributed by atoms with Crippen molar-refractivity contribution >= 4 is 17.6 Å². The Bertz CT molecular complexity index is 617. The predicted molar refractivity (Wildman–Crippen MR) is 93.4 cm³/mol. The number of thioether (sulfide) groups is 1. The van der Waals surface area contributed by atoms with E-state index < -0.39 is 0 Å². The van der Waals surface area contributed by atoms with Crippen LogP contribution in [0, 0.1) is 0 Å². The van der Waals surface area contributed by atoms with Crippen LogP contribution in [0.4, 0.5) is 5.82 Å². The van der Waals surface area contributed by atoms with E-state index in [1.807, 2.05) is 23.9 Å². The second-order valence-corrected chi connectivity index (χ2v) is 6.49. The highest BCUT2D eigenvalue weighted by molar-refractivity contribution is 7.98. The van der Waals surface area contributed by atoms with Crippen LogP contribution in [0.2, 0.25) is 0 Å². The van der Waals surface area contributed by atoms with Gasteiger partial charge in [0.05, 0.1) is 0 Å². The number of pyridine rings is 1. The van der Waals surface area contributed by atoms with Gasteiger partial charge in [-0.2, -0.15) is 11.8 Å². The Morgan fingerprint density at radius 2 is 2.09 bits per heavy atom. The fourth-order valence-corrected chi connectivity index (χ4v) is 3.68. The molecule has 3 rings (SSSR count). The maximum atomic E-state index is 4.84. The van der Waals surface area contributed by atoms with E-state index in [0.717, 1.165) is 41.6 Å². The second-order valence-electron chi connectivity index (χ2n) is 5.58. The van der Waals surface area contributed by atoms with Crippen molar-refractivity contribution in [2.24, 2.45) is 0 Å². The predicted octanol–water partition coefficient (Wildman–Crippen LogP) is 3.43. The van der Waals surface area contributed by atoms with Gasteiger partial charge in [-0.15, -0.1) is 0 Å². The molecule has 5 heteroatoms.